The summed E-state index contributed by atoms with van der Waals surface area (Å²) in [5.41, 5.74) is 5.53. The summed E-state index contributed by atoms with van der Waals surface area (Å²) in [4.78, 5) is 34.8. The van der Waals surface area contributed by atoms with Gasteiger partial charge in [0.25, 0.3) is 5.91 Å². The van der Waals surface area contributed by atoms with Crippen molar-refractivity contribution in [2.45, 2.75) is 13.0 Å². The summed E-state index contributed by atoms with van der Waals surface area (Å²) in [6.07, 6.45) is 2.64. The Morgan fingerprint density at radius 3 is 2.43 bits per heavy atom. The molecule has 1 amide bonds. The summed E-state index contributed by atoms with van der Waals surface area (Å²) in [7, 11) is 0. The van der Waals surface area contributed by atoms with E-state index >= 15 is 0 Å². The molecule has 1 unspecified atom stereocenters. The summed E-state index contributed by atoms with van der Waals surface area (Å²) in [5, 5.41) is 14.6. The Bertz CT molecular complexity index is 967. The van der Waals surface area contributed by atoms with Crippen LogP contribution in [0.4, 0.5) is 17.3 Å². The van der Waals surface area contributed by atoms with E-state index < -0.39 is 10.8 Å². The molecule has 3 rings (SSSR count). The van der Waals surface area contributed by atoms with E-state index in [-0.39, 0.29) is 29.1 Å². The smallest absolute Gasteiger partial charge is 0.354 e. The molecule has 1 aromatic carbocycles. The van der Waals surface area contributed by atoms with Gasteiger partial charge in [0, 0.05) is 6.20 Å². The molecule has 10 heteroatoms. The number of carbonyl (C=O) groups is 1. The quantitative estimate of drug-likeness (QED) is 0.421. The van der Waals surface area contributed by atoms with Gasteiger partial charge in [0.1, 0.15) is 12.0 Å². The molecule has 0 aliphatic heterocycles. The number of anilines is 2. The first-order valence-corrected chi connectivity index (χ1v) is 8.34. The predicted molar refractivity (Wildman–Crippen MR) is 102 cm³/mol. The van der Waals surface area contributed by atoms with Gasteiger partial charge >= 0.3 is 5.69 Å². The SMILES string of the molecule is CC(Nc1ncnc(NNC(=O)c2ccccn2)c1[N+](=O)[O-])c1ccccc1. The van der Waals surface area contributed by atoms with Crippen LogP contribution in [-0.2, 0) is 0 Å². The molecule has 2 aromatic heterocycles. The molecule has 0 aliphatic rings. The average molecular weight is 379 g/mol. The normalized spacial score (nSPS) is 11.3. The molecule has 0 fully saturated rings. The lowest BCUT2D eigenvalue weighted by molar-refractivity contribution is -0.383. The number of carbonyl (C=O) groups excluding carboxylic acids is 1. The van der Waals surface area contributed by atoms with Gasteiger partial charge in [-0.05, 0) is 24.6 Å². The van der Waals surface area contributed by atoms with E-state index in [9.17, 15) is 14.9 Å². The first kappa shape index (κ1) is 18.7. The Morgan fingerprint density at radius 2 is 1.75 bits per heavy atom. The summed E-state index contributed by atoms with van der Waals surface area (Å²) in [5.74, 6) is -0.668. The maximum Gasteiger partial charge on any atom is 0.354 e. The zero-order valence-corrected chi connectivity index (χ0v) is 14.9. The molecule has 142 valence electrons. The van der Waals surface area contributed by atoms with Crippen LogP contribution < -0.4 is 16.2 Å². The maximum atomic E-state index is 12.1. The molecule has 0 spiro atoms. The van der Waals surface area contributed by atoms with Gasteiger partial charge < -0.3 is 5.32 Å². The van der Waals surface area contributed by atoms with Gasteiger partial charge in [-0.15, -0.1) is 0 Å². The minimum atomic E-state index is -0.616. The second-order valence-corrected chi connectivity index (χ2v) is 5.75. The van der Waals surface area contributed by atoms with E-state index in [0.29, 0.717) is 0 Å². The molecule has 2 heterocycles. The van der Waals surface area contributed by atoms with Crippen molar-refractivity contribution in [2.75, 3.05) is 10.7 Å². The molecule has 10 nitrogen and oxygen atoms in total. The maximum absolute atomic E-state index is 12.1. The van der Waals surface area contributed by atoms with E-state index in [2.05, 4.69) is 31.1 Å². The predicted octanol–water partition coefficient (Wildman–Crippen LogP) is 2.71. The lowest BCUT2D eigenvalue weighted by Gasteiger charge is -2.16. The number of pyridine rings is 1. The third kappa shape index (κ3) is 4.36. The molecule has 0 radical (unpaired) electrons. The van der Waals surface area contributed by atoms with Crippen molar-refractivity contribution in [3.05, 3.63) is 82.4 Å². The highest BCUT2D eigenvalue weighted by molar-refractivity contribution is 5.93. The third-order valence-corrected chi connectivity index (χ3v) is 3.85. The summed E-state index contributed by atoms with van der Waals surface area (Å²) < 4.78 is 0. The largest absolute Gasteiger partial charge is 0.358 e. The van der Waals surface area contributed by atoms with Crippen LogP contribution in [0.25, 0.3) is 0 Å². The van der Waals surface area contributed by atoms with Crippen LogP contribution in [0.2, 0.25) is 0 Å². The second kappa shape index (κ2) is 8.54. The number of hydrogen-bond donors (Lipinski definition) is 3. The first-order valence-electron chi connectivity index (χ1n) is 8.34. The van der Waals surface area contributed by atoms with E-state index in [1.807, 2.05) is 37.3 Å². The zero-order valence-electron chi connectivity index (χ0n) is 14.9. The molecule has 0 bridgehead atoms. The van der Waals surface area contributed by atoms with Crippen LogP contribution in [0.1, 0.15) is 29.0 Å². The Kier molecular flexibility index (Phi) is 5.70. The summed E-state index contributed by atoms with van der Waals surface area (Å²) in [6, 6.07) is 14.0. The number of nitrogens with one attached hydrogen (secondary N) is 3. The molecule has 28 heavy (non-hydrogen) atoms. The number of nitrogens with zero attached hydrogens (tertiary/aromatic N) is 4. The highest BCUT2D eigenvalue weighted by Crippen LogP contribution is 2.31. The Balaban J connectivity index is 1.79. The van der Waals surface area contributed by atoms with E-state index in [4.69, 9.17) is 0 Å². The highest BCUT2D eigenvalue weighted by atomic mass is 16.6. The van der Waals surface area contributed by atoms with Crippen LogP contribution in [0, 0.1) is 10.1 Å². The number of benzene rings is 1. The molecule has 3 N–H and O–H groups in total. The van der Waals surface area contributed by atoms with Crippen molar-refractivity contribution in [3.8, 4) is 0 Å². The van der Waals surface area contributed by atoms with Crippen molar-refractivity contribution in [1.82, 2.24) is 20.4 Å². The van der Waals surface area contributed by atoms with E-state index in [0.717, 1.165) is 5.56 Å². The summed E-state index contributed by atoms with van der Waals surface area (Å²) in [6.45, 7) is 1.86. The van der Waals surface area contributed by atoms with Gasteiger partial charge in [-0.2, -0.15) is 0 Å². The number of aromatic nitrogens is 3. The number of hydrogen-bond acceptors (Lipinski definition) is 8. The minimum absolute atomic E-state index is 0.0333. The fourth-order valence-electron chi connectivity index (χ4n) is 2.46. The standard InChI is InChI=1S/C18H17N7O3/c1-12(13-7-3-2-4-8-13)22-16-15(25(27)28)17(21-11-20-16)23-24-18(26)14-9-5-6-10-19-14/h2-12H,1H3,(H,24,26)(H2,20,21,22,23). The van der Waals surface area contributed by atoms with Crippen molar-refractivity contribution >= 4 is 23.2 Å². The van der Waals surface area contributed by atoms with Crippen LogP contribution >= 0.6 is 0 Å². The average Bonchev–Trinajstić information content (AvgIpc) is 2.73. The van der Waals surface area contributed by atoms with Gasteiger partial charge in [0.05, 0.1) is 11.0 Å². The third-order valence-electron chi connectivity index (χ3n) is 3.85. The Hall–Kier alpha value is -4.08. The molecule has 0 saturated carbocycles. The fraction of sp³-hybridized carbons (Fsp3) is 0.111. The molecular weight excluding hydrogens is 362 g/mol. The van der Waals surface area contributed by atoms with Crippen molar-refractivity contribution in [3.63, 3.8) is 0 Å². The minimum Gasteiger partial charge on any atom is -0.358 e. The van der Waals surface area contributed by atoms with Gasteiger partial charge in [-0.1, -0.05) is 36.4 Å². The number of amides is 1. The lowest BCUT2D eigenvalue weighted by Crippen LogP contribution is -2.31. The zero-order chi connectivity index (χ0) is 19.9. The fourth-order valence-corrected chi connectivity index (χ4v) is 2.46. The number of rotatable bonds is 7. The van der Waals surface area contributed by atoms with Crippen molar-refractivity contribution < 1.29 is 9.72 Å². The summed E-state index contributed by atoms with van der Waals surface area (Å²) >= 11 is 0. The van der Waals surface area contributed by atoms with Crippen LogP contribution in [0.15, 0.2) is 61.1 Å². The molecule has 0 saturated heterocycles. The van der Waals surface area contributed by atoms with Gasteiger partial charge in [-0.3, -0.25) is 30.7 Å². The van der Waals surface area contributed by atoms with Gasteiger partial charge in [-0.25, -0.2) is 9.97 Å². The Labute approximate surface area is 160 Å². The van der Waals surface area contributed by atoms with Crippen molar-refractivity contribution in [1.29, 1.82) is 0 Å². The highest BCUT2D eigenvalue weighted by Gasteiger charge is 2.24. The van der Waals surface area contributed by atoms with E-state index in [1.54, 1.807) is 12.1 Å². The monoisotopic (exact) mass is 379 g/mol. The Morgan fingerprint density at radius 1 is 1.04 bits per heavy atom. The van der Waals surface area contributed by atoms with Crippen molar-refractivity contribution in [2.24, 2.45) is 0 Å². The van der Waals surface area contributed by atoms with E-state index in [1.165, 1.54) is 18.6 Å². The molecule has 0 aliphatic carbocycles. The van der Waals surface area contributed by atoms with Gasteiger partial charge in [0.15, 0.2) is 0 Å². The number of nitro groups is 1. The first-order chi connectivity index (χ1) is 13.6. The number of hydrazine groups is 1. The van der Waals surface area contributed by atoms with Crippen LogP contribution in [-0.4, -0.2) is 25.8 Å². The molecular formula is C18H17N7O3. The second-order valence-electron chi connectivity index (χ2n) is 5.75. The van der Waals surface area contributed by atoms with Gasteiger partial charge in [0.2, 0.25) is 11.6 Å². The van der Waals surface area contributed by atoms with Crippen LogP contribution in [0.5, 0.6) is 0 Å². The molecule has 1 atom stereocenters. The lowest BCUT2D eigenvalue weighted by atomic mass is 10.1. The topological polar surface area (TPSA) is 135 Å². The molecule has 3 aromatic rings. The van der Waals surface area contributed by atoms with Crippen LogP contribution in [0.3, 0.4) is 0 Å².